The van der Waals surface area contributed by atoms with Crippen molar-refractivity contribution in [3.05, 3.63) is 29.8 Å². The molecule has 1 aliphatic heterocycles. The van der Waals surface area contributed by atoms with Gasteiger partial charge in [-0.05, 0) is 38.4 Å². The minimum atomic E-state index is -2.94. The molecule has 0 spiro atoms. The van der Waals surface area contributed by atoms with Crippen LogP contribution < -0.4 is 10.1 Å². The van der Waals surface area contributed by atoms with Crippen molar-refractivity contribution in [1.82, 2.24) is 10.2 Å². The maximum Gasteiger partial charge on any atom is 0.387 e. The van der Waals surface area contributed by atoms with E-state index >= 15 is 0 Å². The fraction of sp³-hybridized carbons (Fsp3) is 0.533. The minimum Gasteiger partial charge on any atom is -0.434 e. The topological polar surface area (TPSA) is 41.6 Å². The predicted molar refractivity (Wildman–Crippen MR) is 75.7 cm³/mol. The van der Waals surface area contributed by atoms with Crippen molar-refractivity contribution in [3.8, 4) is 5.75 Å². The van der Waals surface area contributed by atoms with Crippen LogP contribution in [0, 0.1) is 0 Å². The third-order valence-corrected chi connectivity index (χ3v) is 3.66. The summed E-state index contributed by atoms with van der Waals surface area (Å²) in [7, 11) is 1.84. The Morgan fingerprint density at radius 2 is 2.19 bits per heavy atom. The molecule has 0 radical (unpaired) electrons. The van der Waals surface area contributed by atoms with Gasteiger partial charge in [-0.15, -0.1) is 0 Å². The average Bonchev–Trinajstić information content (AvgIpc) is 2.47. The van der Waals surface area contributed by atoms with E-state index in [0.717, 1.165) is 19.3 Å². The highest BCUT2D eigenvalue weighted by Gasteiger charge is 2.28. The Hall–Kier alpha value is -1.69. The number of hydrogen-bond donors (Lipinski definition) is 1. The summed E-state index contributed by atoms with van der Waals surface area (Å²) in [5.74, 6) is -0.308. The van der Waals surface area contributed by atoms with E-state index in [-0.39, 0.29) is 23.3 Å². The zero-order valence-corrected chi connectivity index (χ0v) is 12.0. The number of likely N-dealkylation sites (tertiary alicyclic amines) is 1. The first-order chi connectivity index (χ1) is 10.1. The van der Waals surface area contributed by atoms with Gasteiger partial charge in [0, 0.05) is 19.1 Å². The normalized spacial score (nSPS) is 18.9. The number of amides is 1. The summed E-state index contributed by atoms with van der Waals surface area (Å²) in [5.41, 5.74) is 0.195. The van der Waals surface area contributed by atoms with Crippen molar-refractivity contribution in [2.75, 3.05) is 20.1 Å². The number of carbonyl (C=O) groups is 1. The lowest BCUT2D eigenvalue weighted by Crippen LogP contribution is -2.48. The number of para-hydroxylation sites is 1. The maximum absolute atomic E-state index is 12.7. The second-order valence-corrected chi connectivity index (χ2v) is 5.08. The van der Waals surface area contributed by atoms with Crippen LogP contribution in [0.5, 0.6) is 5.75 Å². The Morgan fingerprint density at radius 3 is 2.90 bits per heavy atom. The molecule has 1 aliphatic rings. The molecule has 1 fully saturated rings. The lowest BCUT2D eigenvalue weighted by Gasteiger charge is -2.36. The van der Waals surface area contributed by atoms with Crippen molar-refractivity contribution in [2.24, 2.45) is 0 Å². The summed E-state index contributed by atoms with van der Waals surface area (Å²) in [6.07, 6.45) is 2.93. The molecular formula is C15H20F2N2O2. The number of likely N-dealkylation sites (N-methyl/N-ethyl adjacent to an activating group) is 1. The molecule has 1 heterocycles. The smallest absolute Gasteiger partial charge is 0.387 e. The molecule has 1 unspecified atom stereocenters. The fourth-order valence-electron chi connectivity index (χ4n) is 2.71. The van der Waals surface area contributed by atoms with Crippen LogP contribution in [0.4, 0.5) is 8.78 Å². The average molecular weight is 298 g/mol. The number of benzene rings is 1. The molecule has 2 rings (SSSR count). The first-order valence-corrected chi connectivity index (χ1v) is 7.13. The monoisotopic (exact) mass is 298 g/mol. The van der Waals surface area contributed by atoms with Crippen LogP contribution in [0.1, 0.15) is 29.6 Å². The number of nitrogens with zero attached hydrogens (tertiary/aromatic N) is 1. The van der Waals surface area contributed by atoms with Crippen LogP contribution in [0.2, 0.25) is 0 Å². The summed E-state index contributed by atoms with van der Waals surface area (Å²) >= 11 is 0. The third kappa shape index (κ3) is 3.91. The predicted octanol–water partition coefficient (Wildman–Crippen LogP) is 2.50. The van der Waals surface area contributed by atoms with E-state index in [4.69, 9.17) is 0 Å². The zero-order valence-electron chi connectivity index (χ0n) is 12.0. The van der Waals surface area contributed by atoms with Gasteiger partial charge in [-0.25, -0.2) is 0 Å². The van der Waals surface area contributed by atoms with Gasteiger partial charge in [-0.1, -0.05) is 12.1 Å². The molecule has 116 valence electrons. The first kappa shape index (κ1) is 15.7. The van der Waals surface area contributed by atoms with Gasteiger partial charge in [0.05, 0.1) is 5.56 Å². The molecule has 4 nitrogen and oxygen atoms in total. The minimum absolute atomic E-state index is 0.0636. The number of rotatable bonds is 5. The lowest BCUT2D eigenvalue weighted by atomic mass is 10.0. The van der Waals surface area contributed by atoms with E-state index in [1.165, 1.54) is 12.1 Å². The van der Waals surface area contributed by atoms with Crippen LogP contribution in [-0.4, -0.2) is 43.6 Å². The maximum atomic E-state index is 12.7. The van der Waals surface area contributed by atoms with Gasteiger partial charge in [0.25, 0.3) is 5.91 Å². The van der Waals surface area contributed by atoms with E-state index in [9.17, 15) is 13.6 Å². The van der Waals surface area contributed by atoms with Gasteiger partial charge >= 0.3 is 6.61 Å². The molecule has 6 heteroatoms. The number of alkyl halides is 2. The quantitative estimate of drug-likeness (QED) is 0.908. The van der Waals surface area contributed by atoms with E-state index in [2.05, 4.69) is 10.1 Å². The SMILES string of the molecule is CNCC1CCCCN1C(=O)c1ccccc1OC(F)F. The van der Waals surface area contributed by atoms with Crippen LogP contribution in [0.15, 0.2) is 24.3 Å². The summed E-state index contributed by atoms with van der Waals surface area (Å²) in [4.78, 5) is 14.4. The number of hydrogen-bond acceptors (Lipinski definition) is 3. The van der Waals surface area contributed by atoms with Gasteiger partial charge in [0.1, 0.15) is 5.75 Å². The standard InChI is InChI=1S/C15H20F2N2O2/c1-18-10-11-6-4-5-9-19(11)14(20)12-7-2-3-8-13(12)21-15(16)17/h2-3,7-8,11,15,18H,4-6,9-10H2,1H3. The van der Waals surface area contributed by atoms with Crippen LogP contribution >= 0.6 is 0 Å². The van der Waals surface area contributed by atoms with Gasteiger partial charge < -0.3 is 15.0 Å². The van der Waals surface area contributed by atoms with Crippen LogP contribution in [-0.2, 0) is 0 Å². The molecule has 0 bridgehead atoms. The highest BCUT2D eigenvalue weighted by Crippen LogP contribution is 2.25. The van der Waals surface area contributed by atoms with Gasteiger partial charge in [0.15, 0.2) is 0 Å². The third-order valence-electron chi connectivity index (χ3n) is 3.66. The van der Waals surface area contributed by atoms with Crippen molar-refractivity contribution >= 4 is 5.91 Å². The molecule has 1 N–H and O–H groups in total. The molecule has 1 amide bonds. The van der Waals surface area contributed by atoms with Crippen LogP contribution in [0.3, 0.4) is 0 Å². The van der Waals surface area contributed by atoms with Crippen molar-refractivity contribution < 1.29 is 18.3 Å². The van der Waals surface area contributed by atoms with Gasteiger partial charge in [0.2, 0.25) is 0 Å². The molecule has 1 aromatic carbocycles. The number of piperidine rings is 1. The van der Waals surface area contributed by atoms with Crippen molar-refractivity contribution in [2.45, 2.75) is 31.9 Å². The Balaban J connectivity index is 2.21. The Morgan fingerprint density at radius 1 is 1.43 bits per heavy atom. The molecule has 1 aromatic rings. The van der Waals surface area contributed by atoms with Crippen LogP contribution in [0.25, 0.3) is 0 Å². The van der Waals surface area contributed by atoms with E-state index in [1.807, 2.05) is 7.05 Å². The first-order valence-electron chi connectivity index (χ1n) is 7.13. The highest BCUT2D eigenvalue weighted by molar-refractivity contribution is 5.97. The van der Waals surface area contributed by atoms with Crippen molar-refractivity contribution in [3.63, 3.8) is 0 Å². The second kappa shape index (κ2) is 7.36. The fourth-order valence-corrected chi connectivity index (χ4v) is 2.71. The molecular weight excluding hydrogens is 278 g/mol. The summed E-state index contributed by atoms with van der Waals surface area (Å²) < 4.78 is 29.3. The number of nitrogens with one attached hydrogen (secondary N) is 1. The van der Waals surface area contributed by atoms with Gasteiger partial charge in [-0.3, -0.25) is 4.79 Å². The Labute approximate surface area is 123 Å². The van der Waals surface area contributed by atoms with Gasteiger partial charge in [-0.2, -0.15) is 8.78 Å². The van der Waals surface area contributed by atoms with E-state index in [0.29, 0.717) is 13.1 Å². The number of halogens is 2. The zero-order chi connectivity index (χ0) is 15.2. The lowest BCUT2D eigenvalue weighted by molar-refractivity contribution is -0.0503. The summed E-state index contributed by atoms with van der Waals surface area (Å²) in [6, 6.07) is 6.26. The molecule has 21 heavy (non-hydrogen) atoms. The molecule has 1 atom stereocenters. The highest BCUT2D eigenvalue weighted by atomic mass is 19.3. The van der Waals surface area contributed by atoms with E-state index < -0.39 is 6.61 Å². The van der Waals surface area contributed by atoms with E-state index in [1.54, 1.807) is 17.0 Å². The molecule has 0 aliphatic carbocycles. The number of ether oxygens (including phenoxy) is 1. The second-order valence-electron chi connectivity index (χ2n) is 5.08. The molecule has 1 saturated heterocycles. The van der Waals surface area contributed by atoms with Crippen molar-refractivity contribution in [1.29, 1.82) is 0 Å². The summed E-state index contributed by atoms with van der Waals surface area (Å²) in [6.45, 7) is -1.59. The molecule has 0 aromatic heterocycles. The summed E-state index contributed by atoms with van der Waals surface area (Å²) in [5, 5.41) is 3.08. The largest absolute Gasteiger partial charge is 0.434 e. The molecule has 0 saturated carbocycles. The number of carbonyl (C=O) groups excluding carboxylic acids is 1. The Kier molecular flexibility index (Phi) is 5.50. The Bertz CT molecular complexity index is 480.